The van der Waals surface area contributed by atoms with Crippen molar-refractivity contribution in [3.63, 3.8) is 0 Å². The minimum atomic E-state index is -0.272. The number of rotatable bonds is 2. The normalized spacial score (nSPS) is 20.9. The summed E-state index contributed by atoms with van der Waals surface area (Å²) in [6, 6.07) is 4.39. The molecule has 2 rings (SSSR count). The Bertz CT molecular complexity index is 356. The average molecular weight is 210 g/mol. The fourth-order valence-electron chi connectivity index (χ4n) is 1.99. The molecular weight excluding hydrogens is 195 g/mol. The van der Waals surface area contributed by atoms with E-state index in [4.69, 9.17) is 10.8 Å². The Morgan fingerprint density at radius 3 is 3.00 bits per heavy atom. The molecule has 1 aliphatic rings. The van der Waals surface area contributed by atoms with Crippen LogP contribution in [-0.4, -0.2) is 24.8 Å². The molecule has 1 fully saturated rings. The van der Waals surface area contributed by atoms with Crippen LogP contribution >= 0.6 is 0 Å². The van der Waals surface area contributed by atoms with E-state index < -0.39 is 0 Å². The molecular formula is C11H15FN2O. The predicted molar refractivity (Wildman–Crippen MR) is 58.2 cm³/mol. The third-order valence-corrected chi connectivity index (χ3v) is 2.88. The molecule has 1 aromatic carbocycles. The number of nitrogens with two attached hydrogens (primary N) is 1. The molecule has 3 N–H and O–H groups in total. The van der Waals surface area contributed by atoms with E-state index in [9.17, 15) is 4.39 Å². The highest BCUT2D eigenvalue weighted by molar-refractivity contribution is 5.67. The van der Waals surface area contributed by atoms with Gasteiger partial charge in [-0.2, -0.15) is 0 Å². The van der Waals surface area contributed by atoms with Crippen molar-refractivity contribution >= 4 is 11.4 Å². The van der Waals surface area contributed by atoms with Crippen molar-refractivity contribution in [2.24, 2.45) is 5.92 Å². The standard InChI is InChI=1S/C11H15FN2O/c12-9-1-2-10(13)11(5-9)14-4-3-8(6-14)7-15/h1-2,5,8,15H,3-4,6-7,13H2. The lowest BCUT2D eigenvalue weighted by atomic mass is 10.1. The van der Waals surface area contributed by atoms with Gasteiger partial charge in [-0.3, -0.25) is 0 Å². The summed E-state index contributed by atoms with van der Waals surface area (Å²) in [6.07, 6.45) is 0.937. The average Bonchev–Trinajstić information content (AvgIpc) is 2.70. The van der Waals surface area contributed by atoms with E-state index in [-0.39, 0.29) is 18.3 Å². The first-order valence-corrected chi connectivity index (χ1v) is 5.11. The van der Waals surface area contributed by atoms with Gasteiger partial charge in [-0.1, -0.05) is 0 Å². The minimum Gasteiger partial charge on any atom is -0.397 e. The zero-order chi connectivity index (χ0) is 10.8. The van der Waals surface area contributed by atoms with Crippen LogP contribution in [0.25, 0.3) is 0 Å². The third-order valence-electron chi connectivity index (χ3n) is 2.88. The van der Waals surface area contributed by atoms with Crippen molar-refractivity contribution in [2.75, 3.05) is 30.3 Å². The molecule has 0 saturated carbocycles. The summed E-state index contributed by atoms with van der Waals surface area (Å²) in [5.74, 6) is 0.0133. The predicted octanol–water partition coefficient (Wildman–Crippen LogP) is 1.23. The lowest BCUT2D eigenvalue weighted by Crippen LogP contribution is -2.21. The van der Waals surface area contributed by atoms with E-state index >= 15 is 0 Å². The summed E-state index contributed by atoms with van der Waals surface area (Å²) in [4.78, 5) is 2.03. The van der Waals surface area contributed by atoms with E-state index in [0.29, 0.717) is 5.69 Å². The maximum Gasteiger partial charge on any atom is 0.125 e. The maximum atomic E-state index is 13.0. The summed E-state index contributed by atoms with van der Waals surface area (Å²) in [5.41, 5.74) is 7.12. The van der Waals surface area contributed by atoms with Crippen molar-refractivity contribution in [1.82, 2.24) is 0 Å². The summed E-state index contributed by atoms with van der Waals surface area (Å²) in [7, 11) is 0. The highest BCUT2D eigenvalue weighted by atomic mass is 19.1. The molecule has 0 amide bonds. The van der Waals surface area contributed by atoms with E-state index in [1.807, 2.05) is 4.90 Å². The van der Waals surface area contributed by atoms with E-state index in [0.717, 1.165) is 25.2 Å². The molecule has 4 heteroatoms. The molecule has 1 unspecified atom stereocenters. The van der Waals surface area contributed by atoms with Gasteiger partial charge >= 0.3 is 0 Å². The largest absolute Gasteiger partial charge is 0.397 e. The van der Waals surface area contributed by atoms with Gasteiger partial charge in [0.05, 0.1) is 11.4 Å². The Morgan fingerprint density at radius 1 is 1.53 bits per heavy atom. The van der Waals surface area contributed by atoms with Crippen LogP contribution in [0.3, 0.4) is 0 Å². The molecule has 0 bridgehead atoms. The van der Waals surface area contributed by atoms with Crippen molar-refractivity contribution in [3.05, 3.63) is 24.0 Å². The lowest BCUT2D eigenvalue weighted by molar-refractivity contribution is 0.238. The number of aliphatic hydroxyl groups is 1. The Balaban J connectivity index is 2.19. The van der Waals surface area contributed by atoms with Crippen LogP contribution in [0.1, 0.15) is 6.42 Å². The zero-order valence-corrected chi connectivity index (χ0v) is 8.49. The summed E-state index contributed by atoms with van der Waals surface area (Å²) in [5, 5.41) is 9.02. The number of halogens is 1. The van der Waals surface area contributed by atoms with Gasteiger partial charge in [0.25, 0.3) is 0 Å². The molecule has 1 aromatic rings. The van der Waals surface area contributed by atoms with Crippen LogP contribution in [0.2, 0.25) is 0 Å². The van der Waals surface area contributed by atoms with Crippen LogP contribution in [0.5, 0.6) is 0 Å². The molecule has 15 heavy (non-hydrogen) atoms. The van der Waals surface area contributed by atoms with Gasteiger partial charge in [-0.25, -0.2) is 4.39 Å². The van der Waals surface area contributed by atoms with Gasteiger partial charge in [-0.15, -0.1) is 0 Å². The zero-order valence-electron chi connectivity index (χ0n) is 8.49. The van der Waals surface area contributed by atoms with Crippen LogP contribution in [-0.2, 0) is 0 Å². The van der Waals surface area contributed by atoms with Crippen LogP contribution in [0, 0.1) is 11.7 Å². The molecule has 1 saturated heterocycles. The molecule has 1 heterocycles. The van der Waals surface area contributed by atoms with Crippen LogP contribution in [0.15, 0.2) is 18.2 Å². The fourth-order valence-corrected chi connectivity index (χ4v) is 1.99. The lowest BCUT2D eigenvalue weighted by Gasteiger charge is -2.20. The molecule has 0 radical (unpaired) electrons. The second-order valence-corrected chi connectivity index (χ2v) is 3.99. The Kier molecular flexibility index (Phi) is 2.77. The fraction of sp³-hybridized carbons (Fsp3) is 0.455. The smallest absolute Gasteiger partial charge is 0.125 e. The first kappa shape index (κ1) is 10.2. The molecule has 0 aliphatic carbocycles. The number of nitrogen functional groups attached to an aromatic ring is 1. The third kappa shape index (κ3) is 2.04. The number of nitrogens with zero attached hydrogens (tertiary/aromatic N) is 1. The van der Waals surface area contributed by atoms with Gasteiger partial charge in [0.15, 0.2) is 0 Å². The summed E-state index contributed by atoms with van der Waals surface area (Å²) >= 11 is 0. The molecule has 0 spiro atoms. The van der Waals surface area contributed by atoms with Crippen molar-refractivity contribution < 1.29 is 9.50 Å². The number of hydrogen-bond donors (Lipinski definition) is 2. The molecule has 0 aromatic heterocycles. The number of anilines is 2. The highest BCUT2D eigenvalue weighted by Crippen LogP contribution is 2.29. The van der Waals surface area contributed by atoms with Gasteiger partial charge < -0.3 is 15.7 Å². The van der Waals surface area contributed by atoms with E-state index in [2.05, 4.69) is 0 Å². The SMILES string of the molecule is Nc1ccc(F)cc1N1CCC(CO)C1. The van der Waals surface area contributed by atoms with Crippen LogP contribution in [0.4, 0.5) is 15.8 Å². The second kappa shape index (κ2) is 4.06. The maximum absolute atomic E-state index is 13.0. The number of aliphatic hydroxyl groups excluding tert-OH is 1. The summed E-state index contributed by atoms with van der Waals surface area (Å²) < 4.78 is 13.0. The molecule has 82 valence electrons. The van der Waals surface area contributed by atoms with Gasteiger partial charge in [-0.05, 0) is 24.6 Å². The quantitative estimate of drug-likeness (QED) is 0.722. The molecule has 1 aliphatic heterocycles. The van der Waals surface area contributed by atoms with Crippen molar-refractivity contribution in [3.8, 4) is 0 Å². The topological polar surface area (TPSA) is 49.5 Å². The summed E-state index contributed by atoms with van der Waals surface area (Å²) in [6.45, 7) is 1.77. The Morgan fingerprint density at radius 2 is 2.33 bits per heavy atom. The van der Waals surface area contributed by atoms with E-state index in [1.165, 1.54) is 12.1 Å². The first-order valence-electron chi connectivity index (χ1n) is 5.11. The highest BCUT2D eigenvalue weighted by Gasteiger charge is 2.23. The van der Waals surface area contributed by atoms with Crippen LogP contribution < -0.4 is 10.6 Å². The van der Waals surface area contributed by atoms with Gasteiger partial charge in [0, 0.05) is 25.6 Å². The van der Waals surface area contributed by atoms with Crippen molar-refractivity contribution in [2.45, 2.75) is 6.42 Å². The number of hydrogen-bond acceptors (Lipinski definition) is 3. The first-order chi connectivity index (χ1) is 7.20. The number of benzene rings is 1. The second-order valence-electron chi connectivity index (χ2n) is 3.99. The van der Waals surface area contributed by atoms with Crippen molar-refractivity contribution in [1.29, 1.82) is 0 Å². The molecule has 1 atom stereocenters. The van der Waals surface area contributed by atoms with Gasteiger partial charge in [0.2, 0.25) is 0 Å². The Hall–Kier alpha value is -1.29. The van der Waals surface area contributed by atoms with Gasteiger partial charge in [0.1, 0.15) is 5.82 Å². The van der Waals surface area contributed by atoms with E-state index in [1.54, 1.807) is 6.07 Å². The Labute approximate surface area is 88.3 Å². The minimum absolute atomic E-state index is 0.186. The molecule has 3 nitrogen and oxygen atoms in total. The monoisotopic (exact) mass is 210 g/mol.